The number of hydrogen-bond acceptors (Lipinski definition) is 5. The van der Waals surface area contributed by atoms with E-state index in [1.165, 1.54) is 27.3 Å². The van der Waals surface area contributed by atoms with Crippen LogP contribution in [-0.4, -0.2) is 48.0 Å². The van der Waals surface area contributed by atoms with Crippen molar-refractivity contribution in [3.63, 3.8) is 0 Å². The van der Waals surface area contributed by atoms with Gasteiger partial charge in [0.15, 0.2) is 0 Å². The number of benzene rings is 1. The summed E-state index contributed by atoms with van der Waals surface area (Å²) >= 11 is 0. The lowest BCUT2D eigenvalue weighted by Crippen LogP contribution is -2.31. The molecule has 0 aliphatic heterocycles. The van der Waals surface area contributed by atoms with Crippen LogP contribution in [0.5, 0.6) is 0 Å². The maximum atomic E-state index is 12.0. The molecule has 0 aliphatic rings. The molecule has 7 heteroatoms. The number of hydrogen-bond donors (Lipinski definition) is 0. The molecular weight excluding hydrogens is 270 g/mol. The Balaban J connectivity index is 3.12. The van der Waals surface area contributed by atoms with Crippen molar-refractivity contribution in [2.24, 2.45) is 0 Å². The molecule has 0 spiro atoms. The lowest BCUT2D eigenvalue weighted by atomic mass is 10.2. The minimum absolute atomic E-state index is 0.0903. The van der Waals surface area contributed by atoms with Crippen molar-refractivity contribution in [1.82, 2.24) is 0 Å². The average Bonchev–Trinajstić information content (AvgIpc) is 2.43. The molecule has 0 aromatic heterocycles. The second kappa shape index (κ2) is 6.53. The molecule has 6 nitrogen and oxygen atoms in total. The molecule has 0 saturated heterocycles. The van der Waals surface area contributed by atoms with E-state index >= 15 is 0 Å². The fourth-order valence-electron chi connectivity index (χ4n) is 1.51. The molecule has 0 fully saturated rings. The first-order chi connectivity index (χ1) is 8.94. The molecule has 1 aromatic carbocycles. The van der Waals surface area contributed by atoms with Crippen LogP contribution in [-0.2, 0) is 19.5 Å². The van der Waals surface area contributed by atoms with Gasteiger partial charge in [0.2, 0.25) is 10.0 Å². The zero-order chi connectivity index (χ0) is 14.5. The third-order valence-electron chi connectivity index (χ3n) is 2.61. The number of carbonyl (C=O) groups excluding carboxylic acids is 1. The number of esters is 1. The molecule has 0 N–H and O–H groups in total. The number of ether oxygens (including phenoxy) is 2. The van der Waals surface area contributed by atoms with Gasteiger partial charge in [-0.05, 0) is 12.1 Å². The van der Waals surface area contributed by atoms with E-state index in [-0.39, 0.29) is 23.6 Å². The zero-order valence-electron chi connectivity index (χ0n) is 11.1. The van der Waals surface area contributed by atoms with Gasteiger partial charge < -0.3 is 9.47 Å². The molecule has 1 rings (SSSR count). The molecule has 0 radical (unpaired) electrons. The molecule has 0 aliphatic carbocycles. The van der Waals surface area contributed by atoms with Crippen LogP contribution in [0, 0.1) is 0 Å². The molecule has 0 bridgehead atoms. The zero-order valence-corrected chi connectivity index (χ0v) is 11.9. The lowest BCUT2D eigenvalue weighted by Gasteiger charge is -2.21. The second-order valence-electron chi connectivity index (χ2n) is 3.79. The van der Waals surface area contributed by atoms with Crippen LogP contribution in [0.4, 0.5) is 5.69 Å². The summed E-state index contributed by atoms with van der Waals surface area (Å²) < 4.78 is 34.6. The number of para-hydroxylation sites is 1. The maximum Gasteiger partial charge on any atom is 0.340 e. The first-order valence-electron chi connectivity index (χ1n) is 5.57. The first kappa shape index (κ1) is 15.5. The Morgan fingerprint density at radius 3 is 2.47 bits per heavy atom. The van der Waals surface area contributed by atoms with Crippen LogP contribution in [0.1, 0.15) is 10.4 Å². The SMILES string of the molecule is COCCS(=O)(=O)N(C)c1ccccc1C(=O)OC. The van der Waals surface area contributed by atoms with E-state index in [2.05, 4.69) is 4.74 Å². The van der Waals surface area contributed by atoms with Gasteiger partial charge in [-0.25, -0.2) is 13.2 Å². The van der Waals surface area contributed by atoms with E-state index in [0.717, 1.165) is 4.31 Å². The van der Waals surface area contributed by atoms with E-state index < -0.39 is 16.0 Å². The molecule has 0 amide bonds. The van der Waals surface area contributed by atoms with Gasteiger partial charge >= 0.3 is 5.97 Å². The Bertz CT molecular complexity index is 541. The van der Waals surface area contributed by atoms with Crippen molar-refractivity contribution in [2.75, 3.05) is 37.9 Å². The van der Waals surface area contributed by atoms with E-state index in [9.17, 15) is 13.2 Å². The number of carbonyl (C=O) groups is 1. The lowest BCUT2D eigenvalue weighted by molar-refractivity contribution is 0.0601. The predicted molar refractivity (Wildman–Crippen MR) is 71.8 cm³/mol. The summed E-state index contributed by atoms with van der Waals surface area (Å²) in [5.41, 5.74) is 0.485. The molecule has 1 aromatic rings. The van der Waals surface area contributed by atoms with Crippen LogP contribution in [0.15, 0.2) is 24.3 Å². The van der Waals surface area contributed by atoms with E-state index in [4.69, 9.17) is 4.74 Å². The van der Waals surface area contributed by atoms with Crippen molar-refractivity contribution in [1.29, 1.82) is 0 Å². The Kier molecular flexibility index (Phi) is 5.31. The topological polar surface area (TPSA) is 72.9 Å². The Morgan fingerprint density at radius 1 is 1.26 bits per heavy atom. The van der Waals surface area contributed by atoms with Crippen LogP contribution in [0.2, 0.25) is 0 Å². The Hall–Kier alpha value is -1.60. The number of methoxy groups -OCH3 is 2. The van der Waals surface area contributed by atoms with Gasteiger partial charge in [-0.3, -0.25) is 4.31 Å². The van der Waals surface area contributed by atoms with Crippen molar-refractivity contribution >= 4 is 21.7 Å². The Morgan fingerprint density at radius 2 is 1.89 bits per heavy atom. The number of sulfonamides is 1. The third-order valence-corrected chi connectivity index (χ3v) is 4.33. The molecule has 0 heterocycles. The van der Waals surface area contributed by atoms with E-state index in [1.807, 2.05) is 0 Å². The van der Waals surface area contributed by atoms with Gasteiger partial charge in [0.1, 0.15) is 0 Å². The van der Waals surface area contributed by atoms with Crippen LogP contribution in [0.3, 0.4) is 0 Å². The summed E-state index contributed by atoms with van der Waals surface area (Å²) in [5.74, 6) is -0.737. The Labute approximate surface area is 113 Å². The minimum atomic E-state index is -3.54. The monoisotopic (exact) mass is 287 g/mol. The highest BCUT2D eigenvalue weighted by atomic mass is 32.2. The summed E-state index contributed by atoms with van der Waals surface area (Å²) in [6.07, 6.45) is 0. The summed E-state index contributed by atoms with van der Waals surface area (Å²) in [4.78, 5) is 11.6. The number of anilines is 1. The highest BCUT2D eigenvalue weighted by Crippen LogP contribution is 2.22. The standard InChI is InChI=1S/C12H17NO5S/c1-13(19(15,16)9-8-17-2)11-7-5-4-6-10(11)12(14)18-3/h4-7H,8-9H2,1-3H3. The summed E-state index contributed by atoms with van der Waals surface area (Å²) in [6.45, 7) is 0.0903. The first-order valence-corrected chi connectivity index (χ1v) is 7.18. The summed E-state index contributed by atoms with van der Waals surface area (Å²) in [6, 6.07) is 6.37. The number of rotatable bonds is 6. The van der Waals surface area contributed by atoms with Gasteiger partial charge in [-0.2, -0.15) is 0 Å². The third kappa shape index (κ3) is 3.68. The van der Waals surface area contributed by atoms with Crippen LogP contribution in [0.25, 0.3) is 0 Å². The van der Waals surface area contributed by atoms with Crippen molar-refractivity contribution in [2.45, 2.75) is 0 Å². The van der Waals surface area contributed by atoms with Crippen molar-refractivity contribution in [3.8, 4) is 0 Å². The van der Waals surface area contributed by atoms with Crippen LogP contribution < -0.4 is 4.31 Å². The number of nitrogens with zero attached hydrogens (tertiary/aromatic N) is 1. The average molecular weight is 287 g/mol. The maximum absolute atomic E-state index is 12.0. The predicted octanol–water partition coefficient (Wildman–Crippen LogP) is 0.886. The fourth-order valence-corrected chi connectivity index (χ4v) is 2.62. The molecule has 0 atom stereocenters. The molecule has 0 saturated carbocycles. The van der Waals surface area contributed by atoms with Gasteiger partial charge in [0.05, 0.1) is 30.7 Å². The van der Waals surface area contributed by atoms with Gasteiger partial charge in [-0.1, -0.05) is 12.1 Å². The van der Waals surface area contributed by atoms with Gasteiger partial charge in [0, 0.05) is 14.2 Å². The highest BCUT2D eigenvalue weighted by molar-refractivity contribution is 7.92. The highest BCUT2D eigenvalue weighted by Gasteiger charge is 2.23. The van der Waals surface area contributed by atoms with Gasteiger partial charge in [-0.15, -0.1) is 0 Å². The van der Waals surface area contributed by atoms with E-state index in [0.29, 0.717) is 0 Å². The second-order valence-corrected chi connectivity index (χ2v) is 5.90. The normalized spacial score (nSPS) is 11.1. The summed E-state index contributed by atoms with van der Waals surface area (Å²) in [5, 5.41) is 0. The molecule has 0 unspecified atom stereocenters. The molecule has 19 heavy (non-hydrogen) atoms. The largest absolute Gasteiger partial charge is 0.465 e. The smallest absolute Gasteiger partial charge is 0.340 e. The summed E-state index contributed by atoms with van der Waals surface area (Å²) in [7, 11) is 0.533. The fraction of sp³-hybridized carbons (Fsp3) is 0.417. The van der Waals surface area contributed by atoms with Crippen molar-refractivity contribution < 1.29 is 22.7 Å². The molecular formula is C12H17NO5S. The molecule has 106 valence electrons. The minimum Gasteiger partial charge on any atom is -0.465 e. The van der Waals surface area contributed by atoms with E-state index in [1.54, 1.807) is 18.2 Å². The quantitative estimate of drug-likeness (QED) is 0.726. The van der Waals surface area contributed by atoms with Crippen LogP contribution >= 0.6 is 0 Å². The van der Waals surface area contributed by atoms with Crippen molar-refractivity contribution in [3.05, 3.63) is 29.8 Å². The van der Waals surface area contributed by atoms with Gasteiger partial charge in [0.25, 0.3) is 0 Å².